The van der Waals surface area contributed by atoms with Crippen molar-refractivity contribution in [3.05, 3.63) is 0 Å². The van der Waals surface area contributed by atoms with Crippen LogP contribution in [0.5, 0.6) is 0 Å². The van der Waals surface area contributed by atoms with Gasteiger partial charge in [0.1, 0.15) is 0 Å². The van der Waals surface area contributed by atoms with Gasteiger partial charge in [0.25, 0.3) is 0 Å². The molecule has 0 aromatic heterocycles. The summed E-state index contributed by atoms with van der Waals surface area (Å²) in [5, 5.41) is 0. The number of nitrogens with two attached hydrogens (primary N) is 1. The molecule has 0 atom stereocenters. The first kappa shape index (κ1) is 14.4. The molecule has 0 fully saturated rings. The Balaban J connectivity index is 2.95. The number of hydrogen-bond donors (Lipinski definition) is 2. The van der Waals surface area contributed by atoms with Gasteiger partial charge in [0, 0.05) is 6.42 Å². The molecular weight excluding hydrogens is 188 g/mol. The Bertz CT molecular complexity index is 149. The van der Waals surface area contributed by atoms with Gasteiger partial charge in [0.15, 0.2) is 0 Å². The minimum absolute atomic E-state index is 0.0436. The second-order valence-electron chi connectivity index (χ2n) is 4.15. The van der Waals surface area contributed by atoms with Gasteiger partial charge < -0.3 is 0 Å². The van der Waals surface area contributed by atoms with Gasteiger partial charge in [-0.3, -0.25) is 10.2 Å². The number of amides is 1. The van der Waals surface area contributed by atoms with E-state index >= 15 is 0 Å². The zero-order valence-electron chi connectivity index (χ0n) is 10.1. The van der Waals surface area contributed by atoms with Gasteiger partial charge in [-0.2, -0.15) is 0 Å². The third-order valence-electron chi connectivity index (χ3n) is 2.67. The van der Waals surface area contributed by atoms with Crippen LogP contribution in [0.3, 0.4) is 0 Å². The molecule has 0 rings (SSSR count). The summed E-state index contributed by atoms with van der Waals surface area (Å²) >= 11 is 0. The Kier molecular flexibility index (Phi) is 11.1. The minimum Gasteiger partial charge on any atom is -0.294 e. The summed E-state index contributed by atoms with van der Waals surface area (Å²) in [7, 11) is 0. The van der Waals surface area contributed by atoms with E-state index in [-0.39, 0.29) is 5.91 Å². The summed E-state index contributed by atoms with van der Waals surface area (Å²) in [6, 6.07) is 0. The Morgan fingerprint density at radius 2 is 1.40 bits per heavy atom. The Hall–Kier alpha value is -0.570. The number of carbonyl (C=O) groups is 1. The van der Waals surface area contributed by atoms with Crippen molar-refractivity contribution in [3.63, 3.8) is 0 Å². The van der Waals surface area contributed by atoms with Crippen LogP contribution in [0.4, 0.5) is 0 Å². The zero-order valence-corrected chi connectivity index (χ0v) is 10.1. The molecule has 0 unspecified atom stereocenters. The topological polar surface area (TPSA) is 55.1 Å². The van der Waals surface area contributed by atoms with Gasteiger partial charge in [-0.25, -0.2) is 5.84 Å². The highest BCUT2D eigenvalue weighted by molar-refractivity contribution is 5.74. The molecule has 0 aromatic carbocycles. The van der Waals surface area contributed by atoms with Crippen molar-refractivity contribution in [2.24, 2.45) is 5.84 Å². The third-order valence-corrected chi connectivity index (χ3v) is 2.67. The molecule has 0 saturated carbocycles. The van der Waals surface area contributed by atoms with Crippen molar-refractivity contribution in [1.82, 2.24) is 5.43 Å². The average Bonchev–Trinajstić information content (AvgIpc) is 2.26. The van der Waals surface area contributed by atoms with Crippen LogP contribution in [0.2, 0.25) is 0 Å². The quantitative estimate of drug-likeness (QED) is 0.254. The van der Waals surface area contributed by atoms with Gasteiger partial charge in [0.05, 0.1) is 0 Å². The van der Waals surface area contributed by atoms with Gasteiger partial charge in [0.2, 0.25) is 5.91 Å². The van der Waals surface area contributed by atoms with Crippen LogP contribution in [-0.4, -0.2) is 5.91 Å². The average molecular weight is 214 g/mol. The lowest BCUT2D eigenvalue weighted by Gasteiger charge is -2.01. The monoisotopic (exact) mass is 214 g/mol. The number of rotatable bonds is 10. The third kappa shape index (κ3) is 11.4. The number of carbonyl (C=O) groups excluding carboxylic acids is 1. The molecule has 0 aliphatic rings. The van der Waals surface area contributed by atoms with E-state index in [0.717, 1.165) is 12.8 Å². The second-order valence-corrected chi connectivity index (χ2v) is 4.15. The maximum absolute atomic E-state index is 10.8. The number of nitrogens with one attached hydrogen (secondary N) is 1. The van der Waals surface area contributed by atoms with Crippen molar-refractivity contribution < 1.29 is 4.79 Å². The molecule has 0 aliphatic carbocycles. The summed E-state index contributed by atoms with van der Waals surface area (Å²) in [6.07, 6.45) is 12.1. The predicted molar refractivity (Wildman–Crippen MR) is 64.2 cm³/mol. The van der Waals surface area contributed by atoms with Crippen molar-refractivity contribution in [2.75, 3.05) is 0 Å². The predicted octanol–water partition coefficient (Wildman–Crippen LogP) is 2.90. The zero-order chi connectivity index (χ0) is 11.4. The summed E-state index contributed by atoms with van der Waals surface area (Å²) in [4.78, 5) is 10.8. The lowest BCUT2D eigenvalue weighted by molar-refractivity contribution is -0.121. The molecule has 3 nitrogen and oxygen atoms in total. The van der Waals surface area contributed by atoms with E-state index in [1.165, 1.54) is 44.9 Å². The fourth-order valence-electron chi connectivity index (χ4n) is 1.67. The number of unbranched alkanes of at least 4 members (excludes halogenated alkanes) is 8. The van der Waals surface area contributed by atoms with Crippen LogP contribution in [0.1, 0.15) is 71.1 Å². The SMILES string of the molecule is CCCCCCCCCCCC(=O)NN. The van der Waals surface area contributed by atoms with Crippen molar-refractivity contribution in [1.29, 1.82) is 0 Å². The lowest BCUT2D eigenvalue weighted by atomic mass is 10.1. The number of hydrazine groups is 1. The smallest absolute Gasteiger partial charge is 0.233 e. The molecule has 90 valence electrons. The summed E-state index contributed by atoms with van der Waals surface area (Å²) in [5.74, 6) is 4.94. The van der Waals surface area contributed by atoms with Crippen LogP contribution in [0, 0.1) is 0 Å². The summed E-state index contributed by atoms with van der Waals surface area (Å²) in [6.45, 7) is 2.24. The highest BCUT2D eigenvalue weighted by Crippen LogP contribution is 2.10. The highest BCUT2D eigenvalue weighted by atomic mass is 16.2. The van der Waals surface area contributed by atoms with E-state index in [1.807, 2.05) is 0 Å². The maximum Gasteiger partial charge on any atom is 0.233 e. The van der Waals surface area contributed by atoms with E-state index in [2.05, 4.69) is 12.3 Å². The van der Waals surface area contributed by atoms with Gasteiger partial charge in [-0.15, -0.1) is 0 Å². The molecule has 0 aromatic rings. The summed E-state index contributed by atoms with van der Waals surface area (Å²) < 4.78 is 0. The highest BCUT2D eigenvalue weighted by Gasteiger charge is 1.97. The minimum atomic E-state index is -0.0436. The van der Waals surface area contributed by atoms with Crippen LogP contribution in [0.15, 0.2) is 0 Å². The molecule has 15 heavy (non-hydrogen) atoms. The number of hydrogen-bond acceptors (Lipinski definition) is 2. The molecule has 3 heteroatoms. The molecule has 0 bridgehead atoms. The molecule has 3 N–H and O–H groups in total. The molecule has 0 heterocycles. The molecule has 0 radical (unpaired) electrons. The maximum atomic E-state index is 10.8. The van der Waals surface area contributed by atoms with Crippen LogP contribution >= 0.6 is 0 Å². The van der Waals surface area contributed by atoms with Crippen LogP contribution in [0.25, 0.3) is 0 Å². The lowest BCUT2D eigenvalue weighted by Crippen LogP contribution is -2.29. The first-order valence-corrected chi connectivity index (χ1v) is 6.30. The van der Waals surface area contributed by atoms with Crippen LogP contribution < -0.4 is 11.3 Å². The first-order valence-electron chi connectivity index (χ1n) is 6.30. The molecule has 0 saturated heterocycles. The summed E-state index contributed by atoms with van der Waals surface area (Å²) in [5.41, 5.74) is 2.15. The van der Waals surface area contributed by atoms with Gasteiger partial charge in [-0.1, -0.05) is 58.3 Å². The standard InChI is InChI=1S/C12H26N2O/c1-2-3-4-5-6-7-8-9-10-11-12(15)14-13/h2-11,13H2,1H3,(H,14,15). The van der Waals surface area contributed by atoms with Gasteiger partial charge in [-0.05, 0) is 6.42 Å². The first-order chi connectivity index (χ1) is 7.31. The van der Waals surface area contributed by atoms with Crippen molar-refractivity contribution in [3.8, 4) is 0 Å². The van der Waals surface area contributed by atoms with E-state index < -0.39 is 0 Å². The van der Waals surface area contributed by atoms with E-state index in [4.69, 9.17) is 5.84 Å². The van der Waals surface area contributed by atoms with E-state index in [0.29, 0.717) is 6.42 Å². The molecule has 0 spiro atoms. The molecule has 1 amide bonds. The van der Waals surface area contributed by atoms with Crippen molar-refractivity contribution >= 4 is 5.91 Å². The van der Waals surface area contributed by atoms with Gasteiger partial charge >= 0.3 is 0 Å². The largest absolute Gasteiger partial charge is 0.294 e. The second kappa shape index (κ2) is 11.5. The Labute approximate surface area is 93.8 Å². The van der Waals surface area contributed by atoms with Crippen molar-refractivity contribution in [2.45, 2.75) is 71.1 Å². The van der Waals surface area contributed by atoms with E-state index in [9.17, 15) is 4.79 Å². The molecule has 0 aliphatic heterocycles. The van der Waals surface area contributed by atoms with E-state index in [1.54, 1.807) is 0 Å². The normalized spacial score (nSPS) is 10.3. The fourth-order valence-corrected chi connectivity index (χ4v) is 1.67. The molecular formula is C12H26N2O. The fraction of sp³-hybridized carbons (Fsp3) is 0.917. The Morgan fingerprint density at radius 3 is 1.87 bits per heavy atom. The van der Waals surface area contributed by atoms with Crippen LogP contribution in [-0.2, 0) is 4.79 Å². The Morgan fingerprint density at radius 1 is 0.933 bits per heavy atom.